The van der Waals surface area contributed by atoms with Gasteiger partial charge in [-0.25, -0.2) is 0 Å². The van der Waals surface area contributed by atoms with Gasteiger partial charge in [0.1, 0.15) is 5.69 Å². The highest BCUT2D eigenvalue weighted by molar-refractivity contribution is 5.02. The lowest BCUT2D eigenvalue weighted by Crippen LogP contribution is -1.97. The first kappa shape index (κ1) is 8.24. The van der Waals surface area contributed by atoms with Gasteiger partial charge in [0.2, 0.25) is 0 Å². The number of rotatable bonds is 3. The number of hydrogen-bond donors (Lipinski definition) is 0. The zero-order valence-corrected chi connectivity index (χ0v) is 7.29. The lowest BCUT2D eigenvalue weighted by atomic mass is 10.0. The molecule has 1 atom stereocenters. The largest absolute Gasteiger partial charge is 0.342 e. The van der Waals surface area contributed by atoms with E-state index in [1.54, 1.807) is 0 Å². The van der Waals surface area contributed by atoms with Crippen LogP contribution >= 0.6 is 0 Å². The smallest absolute Gasteiger partial charge is 0.160 e. The Kier molecular flexibility index (Phi) is 2.63. The molecule has 0 saturated carbocycles. The van der Waals surface area contributed by atoms with Crippen molar-refractivity contribution in [1.82, 2.24) is 10.4 Å². The number of nitrogens with zero attached hydrogens (tertiary/aromatic N) is 2. The summed E-state index contributed by atoms with van der Waals surface area (Å²) in [5.74, 6) is 1.59. The predicted molar refractivity (Wildman–Crippen MR) is 42.2 cm³/mol. The highest BCUT2D eigenvalue weighted by Crippen LogP contribution is 2.12. The third kappa shape index (κ3) is 2.03. The molecule has 0 radical (unpaired) electrons. The van der Waals surface area contributed by atoms with Crippen molar-refractivity contribution in [2.45, 2.75) is 33.6 Å². The molecule has 0 aromatic carbocycles. The minimum absolute atomic E-state index is 0.656. The Balaban J connectivity index is 2.56. The molecule has 0 fully saturated rings. The lowest BCUT2D eigenvalue weighted by molar-refractivity contribution is 0.344. The lowest BCUT2D eigenvalue weighted by Gasteiger charge is -2.03. The summed E-state index contributed by atoms with van der Waals surface area (Å²) in [6.07, 6.45) is 2.12. The normalized spacial score (nSPS) is 13.4. The Morgan fingerprint density at radius 1 is 1.55 bits per heavy atom. The van der Waals surface area contributed by atoms with Crippen molar-refractivity contribution < 1.29 is 4.52 Å². The standard InChI is InChI=1S/C8H14N2O/c1-4-6(2)5-8-7(3)9-10-11-8/h6H,4-5H2,1-3H3. The van der Waals surface area contributed by atoms with E-state index < -0.39 is 0 Å². The van der Waals surface area contributed by atoms with E-state index in [4.69, 9.17) is 4.52 Å². The van der Waals surface area contributed by atoms with Gasteiger partial charge in [-0.3, -0.25) is 0 Å². The van der Waals surface area contributed by atoms with Crippen molar-refractivity contribution in [3.8, 4) is 0 Å². The van der Waals surface area contributed by atoms with Gasteiger partial charge in [-0.05, 0) is 12.8 Å². The van der Waals surface area contributed by atoms with Gasteiger partial charge in [0.25, 0.3) is 0 Å². The summed E-state index contributed by atoms with van der Waals surface area (Å²) in [4.78, 5) is 0. The molecule has 1 unspecified atom stereocenters. The van der Waals surface area contributed by atoms with Crippen LogP contribution in [0.3, 0.4) is 0 Å². The van der Waals surface area contributed by atoms with Crippen molar-refractivity contribution in [2.75, 3.05) is 0 Å². The minimum Gasteiger partial charge on any atom is -0.342 e. The van der Waals surface area contributed by atoms with E-state index in [-0.39, 0.29) is 0 Å². The monoisotopic (exact) mass is 154 g/mol. The first-order chi connectivity index (χ1) is 5.24. The molecular weight excluding hydrogens is 140 g/mol. The van der Waals surface area contributed by atoms with Crippen LogP contribution in [0.1, 0.15) is 31.7 Å². The van der Waals surface area contributed by atoms with Gasteiger partial charge in [0.15, 0.2) is 5.76 Å². The van der Waals surface area contributed by atoms with Crippen LogP contribution in [0.4, 0.5) is 0 Å². The molecule has 3 heteroatoms. The maximum absolute atomic E-state index is 4.98. The molecule has 62 valence electrons. The van der Waals surface area contributed by atoms with Crippen molar-refractivity contribution in [3.63, 3.8) is 0 Å². The Morgan fingerprint density at radius 3 is 2.73 bits per heavy atom. The van der Waals surface area contributed by atoms with E-state index in [1.165, 1.54) is 6.42 Å². The molecule has 1 rings (SSSR count). The topological polar surface area (TPSA) is 38.9 Å². The molecule has 11 heavy (non-hydrogen) atoms. The Labute approximate surface area is 66.8 Å². The van der Waals surface area contributed by atoms with E-state index >= 15 is 0 Å². The molecule has 1 aromatic heterocycles. The van der Waals surface area contributed by atoms with Crippen LogP contribution in [0.15, 0.2) is 4.52 Å². The van der Waals surface area contributed by atoms with Gasteiger partial charge in [0, 0.05) is 11.7 Å². The molecule has 3 nitrogen and oxygen atoms in total. The van der Waals surface area contributed by atoms with Crippen molar-refractivity contribution in [1.29, 1.82) is 0 Å². The summed E-state index contributed by atoms with van der Waals surface area (Å²) < 4.78 is 4.98. The van der Waals surface area contributed by atoms with Gasteiger partial charge >= 0.3 is 0 Å². The Hall–Kier alpha value is -0.860. The van der Waals surface area contributed by atoms with Crippen LogP contribution in [-0.4, -0.2) is 10.4 Å². The second-order valence-corrected chi connectivity index (χ2v) is 3.00. The second-order valence-electron chi connectivity index (χ2n) is 3.00. The van der Waals surface area contributed by atoms with E-state index in [0.29, 0.717) is 5.92 Å². The van der Waals surface area contributed by atoms with E-state index in [9.17, 15) is 0 Å². The fraction of sp³-hybridized carbons (Fsp3) is 0.750. The first-order valence-corrected chi connectivity index (χ1v) is 4.01. The molecule has 0 saturated heterocycles. The molecule has 0 spiro atoms. The molecule has 1 heterocycles. The summed E-state index contributed by atoms with van der Waals surface area (Å²) in [6, 6.07) is 0. The van der Waals surface area contributed by atoms with E-state index in [0.717, 1.165) is 17.9 Å². The fourth-order valence-corrected chi connectivity index (χ4v) is 0.899. The van der Waals surface area contributed by atoms with Crippen molar-refractivity contribution in [2.24, 2.45) is 5.92 Å². The average Bonchev–Trinajstić information content (AvgIpc) is 2.37. The van der Waals surface area contributed by atoms with Gasteiger partial charge in [-0.1, -0.05) is 20.3 Å². The molecule has 0 aliphatic rings. The zero-order chi connectivity index (χ0) is 8.27. The molecule has 0 bridgehead atoms. The van der Waals surface area contributed by atoms with Crippen LogP contribution in [0.2, 0.25) is 0 Å². The van der Waals surface area contributed by atoms with Crippen molar-refractivity contribution >= 4 is 0 Å². The molecule has 0 aliphatic carbocycles. The Bertz CT molecular complexity index is 220. The SMILES string of the molecule is CCC(C)Cc1onnc1C. The van der Waals surface area contributed by atoms with Crippen LogP contribution in [0.5, 0.6) is 0 Å². The second kappa shape index (κ2) is 3.51. The quantitative estimate of drug-likeness (QED) is 0.668. The molecule has 1 aromatic rings. The molecule has 0 amide bonds. The first-order valence-electron chi connectivity index (χ1n) is 4.01. The van der Waals surface area contributed by atoms with Gasteiger partial charge < -0.3 is 4.52 Å². The summed E-state index contributed by atoms with van der Waals surface area (Å²) in [6.45, 7) is 6.29. The van der Waals surface area contributed by atoms with Crippen molar-refractivity contribution in [3.05, 3.63) is 11.5 Å². The molecular formula is C8H14N2O. The van der Waals surface area contributed by atoms with Crippen LogP contribution in [0, 0.1) is 12.8 Å². The third-order valence-electron chi connectivity index (χ3n) is 1.98. The van der Waals surface area contributed by atoms with Crippen LogP contribution in [0.25, 0.3) is 0 Å². The maximum Gasteiger partial charge on any atom is 0.160 e. The minimum atomic E-state index is 0.656. The van der Waals surface area contributed by atoms with Crippen LogP contribution < -0.4 is 0 Å². The summed E-state index contributed by atoms with van der Waals surface area (Å²) >= 11 is 0. The predicted octanol–water partition coefficient (Wildman–Crippen LogP) is 1.97. The fourth-order valence-electron chi connectivity index (χ4n) is 0.899. The van der Waals surface area contributed by atoms with Gasteiger partial charge in [-0.15, -0.1) is 5.10 Å². The highest BCUT2D eigenvalue weighted by atomic mass is 16.5. The molecule has 0 aliphatic heterocycles. The summed E-state index contributed by atoms with van der Waals surface area (Å²) in [5.41, 5.74) is 0.922. The summed E-state index contributed by atoms with van der Waals surface area (Å²) in [7, 11) is 0. The average molecular weight is 154 g/mol. The van der Waals surface area contributed by atoms with Gasteiger partial charge in [-0.2, -0.15) is 0 Å². The van der Waals surface area contributed by atoms with E-state index in [2.05, 4.69) is 24.2 Å². The van der Waals surface area contributed by atoms with Gasteiger partial charge in [0.05, 0.1) is 0 Å². The number of aryl methyl sites for hydroxylation is 1. The number of aromatic nitrogens is 2. The highest BCUT2D eigenvalue weighted by Gasteiger charge is 2.08. The number of hydrogen-bond acceptors (Lipinski definition) is 3. The summed E-state index contributed by atoms with van der Waals surface area (Å²) in [5, 5.41) is 7.27. The Morgan fingerprint density at radius 2 is 2.27 bits per heavy atom. The zero-order valence-electron chi connectivity index (χ0n) is 7.29. The molecule has 0 N–H and O–H groups in total. The van der Waals surface area contributed by atoms with E-state index in [1.807, 2.05) is 6.92 Å². The van der Waals surface area contributed by atoms with Crippen LogP contribution in [-0.2, 0) is 6.42 Å². The maximum atomic E-state index is 4.98. The third-order valence-corrected chi connectivity index (χ3v) is 1.98.